The molecule has 0 spiro atoms. The van der Waals surface area contributed by atoms with Crippen LogP contribution in [-0.4, -0.2) is 31.3 Å². The molecule has 1 fully saturated rings. The summed E-state index contributed by atoms with van der Waals surface area (Å²) in [5, 5.41) is 5.48. The Morgan fingerprint density at radius 2 is 2.12 bits per heavy atom. The number of ether oxygens (including phenoxy) is 2. The molecule has 2 amide bonds. The molecule has 2 aliphatic heterocycles. The highest BCUT2D eigenvalue weighted by molar-refractivity contribution is 5.95. The Labute approximate surface area is 141 Å². The Balaban J connectivity index is 1.83. The third-order valence-electron chi connectivity index (χ3n) is 4.41. The van der Waals surface area contributed by atoms with Gasteiger partial charge in [-0.15, -0.1) is 0 Å². The van der Waals surface area contributed by atoms with E-state index in [1.165, 1.54) is 0 Å². The van der Waals surface area contributed by atoms with Crippen molar-refractivity contribution in [2.45, 2.75) is 38.8 Å². The minimum atomic E-state index is -0.517. The van der Waals surface area contributed by atoms with Crippen LogP contribution < -0.4 is 10.6 Å². The third-order valence-corrected chi connectivity index (χ3v) is 4.41. The van der Waals surface area contributed by atoms with Gasteiger partial charge in [0.15, 0.2) is 0 Å². The molecule has 2 aliphatic rings. The molecule has 1 aromatic rings. The predicted octanol–water partition coefficient (Wildman–Crippen LogP) is 2.35. The van der Waals surface area contributed by atoms with Gasteiger partial charge in [-0.05, 0) is 37.8 Å². The van der Waals surface area contributed by atoms with Gasteiger partial charge in [0.25, 0.3) is 0 Å². The Morgan fingerprint density at radius 3 is 2.83 bits per heavy atom. The second kappa shape index (κ2) is 7.05. The quantitative estimate of drug-likeness (QED) is 0.831. The zero-order valence-electron chi connectivity index (χ0n) is 13.9. The van der Waals surface area contributed by atoms with Gasteiger partial charge < -0.3 is 20.1 Å². The minimum Gasteiger partial charge on any atom is -0.459 e. The summed E-state index contributed by atoms with van der Waals surface area (Å²) in [5.74, 6) is -0.427. The lowest BCUT2D eigenvalue weighted by atomic mass is 9.92. The van der Waals surface area contributed by atoms with Crippen molar-refractivity contribution >= 4 is 12.0 Å². The number of hydrogen-bond donors (Lipinski definition) is 2. The average molecular weight is 330 g/mol. The first kappa shape index (κ1) is 16.5. The molecule has 0 bridgehead atoms. The van der Waals surface area contributed by atoms with Crippen molar-refractivity contribution in [2.75, 3.05) is 13.2 Å². The van der Waals surface area contributed by atoms with Crippen LogP contribution >= 0.6 is 0 Å². The number of benzene rings is 1. The lowest BCUT2D eigenvalue weighted by Crippen LogP contribution is -2.45. The van der Waals surface area contributed by atoms with Crippen molar-refractivity contribution < 1.29 is 19.1 Å². The van der Waals surface area contributed by atoms with Crippen LogP contribution in [0.1, 0.15) is 36.9 Å². The number of aryl methyl sites for hydroxylation is 1. The summed E-state index contributed by atoms with van der Waals surface area (Å²) >= 11 is 0. The number of allylic oxidation sites excluding steroid dienone is 1. The van der Waals surface area contributed by atoms with Gasteiger partial charge in [-0.3, -0.25) is 0 Å². The fraction of sp³-hybridized carbons (Fsp3) is 0.444. The molecule has 2 heterocycles. The van der Waals surface area contributed by atoms with Crippen molar-refractivity contribution in [3.63, 3.8) is 0 Å². The van der Waals surface area contributed by atoms with E-state index in [4.69, 9.17) is 9.47 Å². The molecule has 0 unspecified atom stereocenters. The number of hydrogen-bond acceptors (Lipinski definition) is 4. The van der Waals surface area contributed by atoms with Gasteiger partial charge in [-0.25, -0.2) is 9.59 Å². The lowest BCUT2D eigenvalue weighted by Gasteiger charge is -2.29. The molecular weight excluding hydrogens is 308 g/mol. The van der Waals surface area contributed by atoms with E-state index in [0.717, 1.165) is 24.0 Å². The lowest BCUT2D eigenvalue weighted by molar-refractivity contribution is -0.142. The van der Waals surface area contributed by atoms with Gasteiger partial charge in [0.1, 0.15) is 6.61 Å². The van der Waals surface area contributed by atoms with E-state index in [9.17, 15) is 9.59 Å². The Morgan fingerprint density at radius 1 is 1.33 bits per heavy atom. The second-order valence-corrected chi connectivity index (χ2v) is 6.16. The summed E-state index contributed by atoms with van der Waals surface area (Å²) in [5.41, 5.74) is 2.84. The van der Waals surface area contributed by atoms with Crippen molar-refractivity contribution in [1.29, 1.82) is 0 Å². The molecule has 1 saturated heterocycles. The van der Waals surface area contributed by atoms with Crippen LogP contribution in [0.3, 0.4) is 0 Å². The van der Waals surface area contributed by atoms with Gasteiger partial charge in [-0.1, -0.05) is 24.3 Å². The highest BCUT2D eigenvalue weighted by Gasteiger charge is 2.33. The van der Waals surface area contributed by atoms with E-state index in [2.05, 4.69) is 10.6 Å². The molecule has 0 radical (unpaired) electrons. The summed E-state index contributed by atoms with van der Waals surface area (Å²) in [6, 6.07) is 6.84. The minimum absolute atomic E-state index is 0.0297. The zero-order chi connectivity index (χ0) is 17.1. The van der Waals surface area contributed by atoms with E-state index in [-0.39, 0.29) is 18.7 Å². The summed E-state index contributed by atoms with van der Waals surface area (Å²) in [6.07, 6.45) is 1.87. The van der Waals surface area contributed by atoms with Crippen LogP contribution in [0.4, 0.5) is 4.79 Å². The molecule has 128 valence electrons. The van der Waals surface area contributed by atoms with Crippen molar-refractivity contribution in [1.82, 2.24) is 10.6 Å². The maximum atomic E-state index is 12.6. The first-order valence-corrected chi connectivity index (χ1v) is 8.19. The second-order valence-electron chi connectivity index (χ2n) is 6.16. The fourth-order valence-electron chi connectivity index (χ4n) is 3.13. The number of carbonyl (C=O) groups is 2. The van der Waals surface area contributed by atoms with Crippen molar-refractivity contribution in [3.8, 4) is 0 Å². The SMILES string of the molecule is CC1=C(C(=O)OC[C@@H]2CCCO2)[C@H](c2ccccc2C)NC(=O)N1. The van der Waals surface area contributed by atoms with Crippen molar-refractivity contribution in [2.24, 2.45) is 0 Å². The average Bonchev–Trinajstić information content (AvgIpc) is 3.06. The van der Waals surface area contributed by atoms with Gasteiger partial charge in [-0.2, -0.15) is 0 Å². The first-order chi connectivity index (χ1) is 11.6. The molecule has 3 rings (SSSR count). The molecule has 2 atom stereocenters. The van der Waals surface area contributed by atoms with Crippen LogP contribution in [0.5, 0.6) is 0 Å². The summed E-state index contributed by atoms with van der Waals surface area (Å²) < 4.78 is 10.9. The standard InChI is InChI=1S/C18H22N2O4/c1-11-6-3-4-8-14(11)16-15(12(2)19-18(22)20-16)17(21)24-10-13-7-5-9-23-13/h3-4,6,8,13,16H,5,7,9-10H2,1-2H3,(H2,19,20,22)/t13-,16-/m0/s1. The predicted molar refractivity (Wildman–Crippen MR) is 88.2 cm³/mol. The molecular formula is C18H22N2O4. The van der Waals surface area contributed by atoms with Crippen LogP contribution in [0.25, 0.3) is 0 Å². The molecule has 0 saturated carbocycles. The molecule has 6 heteroatoms. The molecule has 6 nitrogen and oxygen atoms in total. The largest absolute Gasteiger partial charge is 0.459 e. The van der Waals surface area contributed by atoms with E-state index in [1.54, 1.807) is 6.92 Å². The van der Waals surface area contributed by atoms with E-state index < -0.39 is 12.0 Å². The Kier molecular flexibility index (Phi) is 4.85. The molecule has 2 N–H and O–H groups in total. The number of urea groups is 1. The van der Waals surface area contributed by atoms with Crippen LogP contribution in [-0.2, 0) is 14.3 Å². The van der Waals surface area contributed by atoms with Crippen molar-refractivity contribution in [3.05, 3.63) is 46.7 Å². The first-order valence-electron chi connectivity index (χ1n) is 8.19. The third kappa shape index (κ3) is 3.43. The van der Waals surface area contributed by atoms with E-state index >= 15 is 0 Å². The number of carbonyl (C=O) groups excluding carboxylic acids is 2. The summed E-state index contributed by atoms with van der Waals surface area (Å²) in [6.45, 7) is 4.62. The number of amides is 2. The molecule has 24 heavy (non-hydrogen) atoms. The normalized spacial score (nSPS) is 23.7. The van der Waals surface area contributed by atoms with E-state index in [1.807, 2.05) is 31.2 Å². The van der Waals surface area contributed by atoms with Crippen LogP contribution in [0, 0.1) is 6.92 Å². The highest BCUT2D eigenvalue weighted by Crippen LogP contribution is 2.29. The van der Waals surface area contributed by atoms with Gasteiger partial charge >= 0.3 is 12.0 Å². The summed E-state index contributed by atoms with van der Waals surface area (Å²) in [7, 11) is 0. The Bertz CT molecular complexity index is 677. The van der Waals surface area contributed by atoms with Crippen LogP contribution in [0.2, 0.25) is 0 Å². The summed E-state index contributed by atoms with van der Waals surface area (Å²) in [4.78, 5) is 24.5. The zero-order valence-corrected chi connectivity index (χ0v) is 13.9. The molecule has 0 aromatic heterocycles. The smallest absolute Gasteiger partial charge is 0.338 e. The number of rotatable bonds is 4. The number of nitrogens with one attached hydrogen (secondary N) is 2. The van der Waals surface area contributed by atoms with Gasteiger partial charge in [0, 0.05) is 12.3 Å². The maximum absolute atomic E-state index is 12.6. The van der Waals surface area contributed by atoms with Gasteiger partial charge in [0.05, 0.1) is 17.7 Å². The maximum Gasteiger partial charge on any atom is 0.338 e. The number of esters is 1. The highest BCUT2D eigenvalue weighted by atomic mass is 16.6. The fourth-order valence-corrected chi connectivity index (χ4v) is 3.13. The topological polar surface area (TPSA) is 76.7 Å². The van der Waals surface area contributed by atoms with E-state index in [0.29, 0.717) is 17.9 Å². The molecule has 0 aliphatic carbocycles. The molecule has 1 aromatic carbocycles. The van der Waals surface area contributed by atoms with Gasteiger partial charge in [0.2, 0.25) is 0 Å². The van der Waals surface area contributed by atoms with Crippen LogP contribution in [0.15, 0.2) is 35.5 Å². The monoisotopic (exact) mass is 330 g/mol. The Hall–Kier alpha value is -2.34.